The van der Waals surface area contributed by atoms with E-state index in [1.54, 1.807) is 21.3 Å². The third-order valence-electron chi connectivity index (χ3n) is 4.78. The lowest BCUT2D eigenvalue weighted by molar-refractivity contribution is -0.123. The SMILES string of the molecule is CN=C(NCCNC(=O)C(C)C)N1CCC(c2cc(OC)cc(OC)c2)C1.I. The number of rotatable bonds is 7. The molecule has 0 aromatic heterocycles. The molecule has 158 valence electrons. The van der Waals surface area contributed by atoms with Gasteiger partial charge < -0.3 is 25.0 Å². The number of nitrogens with zero attached hydrogens (tertiary/aromatic N) is 2. The van der Waals surface area contributed by atoms with Crippen LogP contribution in [0.4, 0.5) is 0 Å². The van der Waals surface area contributed by atoms with Gasteiger partial charge in [-0.15, -0.1) is 24.0 Å². The summed E-state index contributed by atoms with van der Waals surface area (Å²) in [4.78, 5) is 18.3. The number of hydrogen-bond acceptors (Lipinski definition) is 4. The predicted molar refractivity (Wildman–Crippen MR) is 123 cm³/mol. The molecule has 0 radical (unpaired) electrons. The maximum Gasteiger partial charge on any atom is 0.222 e. The Bertz CT molecular complexity index is 645. The van der Waals surface area contributed by atoms with E-state index < -0.39 is 0 Å². The first-order chi connectivity index (χ1) is 13.0. The summed E-state index contributed by atoms with van der Waals surface area (Å²) >= 11 is 0. The molecule has 0 aliphatic carbocycles. The molecule has 0 bridgehead atoms. The fourth-order valence-electron chi connectivity index (χ4n) is 3.19. The summed E-state index contributed by atoms with van der Waals surface area (Å²) in [5.41, 5.74) is 1.22. The summed E-state index contributed by atoms with van der Waals surface area (Å²) in [5.74, 6) is 2.96. The Morgan fingerprint density at radius 1 is 1.18 bits per heavy atom. The van der Waals surface area contributed by atoms with Crippen LogP contribution in [-0.2, 0) is 4.79 Å². The van der Waals surface area contributed by atoms with Crippen molar-refractivity contribution in [2.45, 2.75) is 26.2 Å². The number of halogens is 1. The Balaban J connectivity index is 0.00000392. The third kappa shape index (κ3) is 6.72. The minimum atomic E-state index is 0. The van der Waals surface area contributed by atoms with Crippen molar-refractivity contribution in [1.29, 1.82) is 0 Å². The summed E-state index contributed by atoms with van der Waals surface area (Å²) < 4.78 is 10.8. The lowest BCUT2D eigenvalue weighted by Gasteiger charge is -2.22. The second-order valence-electron chi connectivity index (χ2n) is 7.00. The Kier molecular flexibility index (Phi) is 10.4. The molecule has 7 nitrogen and oxygen atoms in total. The average Bonchev–Trinajstić information content (AvgIpc) is 3.17. The number of amides is 1. The fourth-order valence-corrected chi connectivity index (χ4v) is 3.19. The van der Waals surface area contributed by atoms with Crippen molar-refractivity contribution in [2.24, 2.45) is 10.9 Å². The van der Waals surface area contributed by atoms with Gasteiger partial charge in [-0.25, -0.2) is 0 Å². The monoisotopic (exact) mass is 504 g/mol. The van der Waals surface area contributed by atoms with Gasteiger partial charge in [0.25, 0.3) is 0 Å². The van der Waals surface area contributed by atoms with E-state index in [4.69, 9.17) is 9.47 Å². The van der Waals surface area contributed by atoms with Crippen LogP contribution in [0, 0.1) is 5.92 Å². The van der Waals surface area contributed by atoms with Crippen molar-refractivity contribution in [1.82, 2.24) is 15.5 Å². The van der Waals surface area contributed by atoms with E-state index in [1.165, 1.54) is 5.56 Å². The molecule has 2 N–H and O–H groups in total. The van der Waals surface area contributed by atoms with Crippen molar-refractivity contribution in [3.8, 4) is 11.5 Å². The summed E-state index contributed by atoms with van der Waals surface area (Å²) in [7, 11) is 5.13. The van der Waals surface area contributed by atoms with E-state index in [1.807, 2.05) is 19.9 Å². The molecule has 1 amide bonds. The van der Waals surface area contributed by atoms with E-state index in [0.29, 0.717) is 19.0 Å². The van der Waals surface area contributed by atoms with Crippen LogP contribution in [0.25, 0.3) is 0 Å². The van der Waals surface area contributed by atoms with Crippen LogP contribution in [-0.4, -0.2) is 64.2 Å². The number of carbonyl (C=O) groups is 1. The first-order valence-corrected chi connectivity index (χ1v) is 9.44. The average molecular weight is 504 g/mol. The maximum atomic E-state index is 11.6. The van der Waals surface area contributed by atoms with Gasteiger partial charge in [-0.3, -0.25) is 9.79 Å². The fraction of sp³-hybridized carbons (Fsp3) is 0.600. The second-order valence-corrected chi connectivity index (χ2v) is 7.00. The number of hydrogen-bond donors (Lipinski definition) is 2. The molecular weight excluding hydrogens is 471 g/mol. The minimum absolute atomic E-state index is 0. The van der Waals surface area contributed by atoms with Crippen molar-refractivity contribution >= 4 is 35.8 Å². The van der Waals surface area contributed by atoms with Gasteiger partial charge in [0.1, 0.15) is 11.5 Å². The number of aliphatic imine (C=N–C) groups is 1. The molecule has 2 rings (SSSR count). The predicted octanol–water partition coefficient (Wildman–Crippen LogP) is 2.46. The molecule has 1 aliphatic rings. The van der Waals surface area contributed by atoms with E-state index in [0.717, 1.165) is 37.0 Å². The highest BCUT2D eigenvalue weighted by Crippen LogP contribution is 2.32. The van der Waals surface area contributed by atoms with Gasteiger partial charge in [-0.05, 0) is 24.1 Å². The van der Waals surface area contributed by atoms with Gasteiger partial charge in [0.2, 0.25) is 5.91 Å². The van der Waals surface area contributed by atoms with Gasteiger partial charge in [-0.1, -0.05) is 13.8 Å². The molecule has 0 spiro atoms. The van der Waals surface area contributed by atoms with Crippen molar-refractivity contribution in [3.63, 3.8) is 0 Å². The van der Waals surface area contributed by atoms with Crippen molar-refractivity contribution in [3.05, 3.63) is 23.8 Å². The quantitative estimate of drug-likeness (QED) is 0.258. The topological polar surface area (TPSA) is 75.2 Å². The molecule has 1 aliphatic heterocycles. The maximum absolute atomic E-state index is 11.6. The van der Waals surface area contributed by atoms with Crippen molar-refractivity contribution in [2.75, 3.05) is 47.4 Å². The number of likely N-dealkylation sites (tertiary alicyclic amines) is 1. The highest BCUT2D eigenvalue weighted by atomic mass is 127. The standard InChI is InChI=1S/C20H32N4O3.HI/c1-14(2)19(25)22-7-8-23-20(21-3)24-9-6-15(13-24)16-10-17(26-4)12-18(11-16)27-5;/h10-12,14-15H,6-9,13H2,1-5H3,(H,21,23)(H,22,25);1H. The second kappa shape index (κ2) is 12.0. The van der Waals surface area contributed by atoms with Crippen LogP contribution >= 0.6 is 24.0 Å². The number of nitrogens with one attached hydrogen (secondary N) is 2. The minimum Gasteiger partial charge on any atom is -0.497 e. The molecule has 1 aromatic rings. The summed E-state index contributed by atoms with van der Waals surface area (Å²) in [6, 6.07) is 6.05. The van der Waals surface area contributed by atoms with Gasteiger partial charge >= 0.3 is 0 Å². The number of benzene rings is 1. The number of ether oxygens (including phenoxy) is 2. The van der Waals surface area contributed by atoms with E-state index in [2.05, 4.69) is 32.7 Å². The zero-order valence-electron chi connectivity index (χ0n) is 17.4. The molecule has 1 heterocycles. The van der Waals surface area contributed by atoms with E-state index in [-0.39, 0.29) is 35.8 Å². The Hall–Kier alpha value is -1.71. The lowest BCUT2D eigenvalue weighted by Crippen LogP contribution is -2.43. The molecule has 1 fully saturated rings. The first-order valence-electron chi connectivity index (χ1n) is 9.44. The van der Waals surface area contributed by atoms with Crippen LogP contribution in [0.2, 0.25) is 0 Å². The van der Waals surface area contributed by atoms with E-state index in [9.17, 15) is 4.79 Å². The lowest BCUT2D eigenvalue weighted by atomic mass is 9.98. The number of methoxy groups -OCH3 is 2. The van der Waals surface area contributed by atoms with E-state index >= 15 is 0 Å². The zero-order valence-corrected chi connectivity index (χ0v) is 19.8. The van der Waals surface area contributed by atoms with Gasteiger partial charge in [-0.2, -0.15) is 0 Å². The molecule has 28 heavy (non-hydrogen) atoms. The van der Waals surface area contributed by atoms with Crippen LogP contribution in [0.15, 0.2) is 23.2 Å². The first kappa shape index (κ1) is 24.3. The van der Waals surface area contributed by atoms with Crippen LogP contribution in [0.1, 0.15) is 31.7 Å². The van der Waals surface area contributed by atoms with Crippen LogP contribution in [0.5, 0.6) is 11.5 Å². The summed E-state index contributed by atoms with van der Waals surface area (Å²) in [5, 5.41) is 6.24. The normalized spacial score (nSPS) is 16.6. The summed E-state index contributed by atoms with van der Waals surface area (Å²) in [6.07, 6.45) is 1.04. The zero-order chi connectivity index (χ0) is 19.8. The van der Waals surface area contributed by atoms with Crippen LogP contribution < -0.4 is 20.1 Å². The third-order valence-corrected chi connectivity index (χ3v) is 4.78. The van der Waals surface area contributed by atoms with Gasteiger partial charge in [0, 0.05) is 51.1 Å². The molecule has 1 saturated heterocycles. The number of carbonyl (C=O) groups excluding carboxylic acids is 1. The highest BCUT2D eigenvalue weighted by molar-refractivity contribution is 14.0. The largest absolute Gasteiger partial charge is 0.497 e. The smallest absolute Gasteiger partial charge is 0.222 e. The molecule has 1 aromatic carbocycles. The molecular formula is C20H33IN4O3. The van der Waals surface area contributed by atoms with Crippen LogP contribution in [0.3, 0.4) is 0 Å². The Morgan fingerprint density at radius 3 is 2.32 bits per heavy atom. The highest BCUT2D eigenvalue weighted by Gasteiger charge is 2.26. The molecule has 1 unspecified atom stereocenters. The molecule has 0 saturated carbocycles. The van der Waals surface area contributed by atoms with Gasteiger partial charge in [0.05, 0.1) is 14.2 Å². The Morgan fingerprint density at radius 2 is 1.79 bits per heavy atom. The molecule has 1 atom stereocenters. The molecule has 8 heteroatoms. The Labute approximate surface area is 185 Å². The summed E-state index contributed by atoms with van der Waals surface area (Å²) in [6.45, 7) is 6.83. The number of guanidine groups is 1. The van der Waals surface area contributed by atoms with Gasteiger partial charge in [0.15, 0.2) is 5.96 Å². The van der Waals surface area contributed by atoms with Crippen molar-refractivity contribution < 1.29 is 14.3 Å².